The van der Waals surface area contributed by atoms with Gasteiger partial charge in [0.2, 0.25) is 0 Å². The van der Waals surface area contributed by atoms with E-state index >= 15 is 0 Å². The zero-order chi connectivity index (χ0) is 8.97. The largest absolute Gasteiger partial charge is 0.395 e. The van der Waals surface area contributed by atoms with Crippen molar-refractivity contribution < 1.29 is 10.2 Å². The Morgan fingerprint density at radius 3 is 2.00 bits per heavy atom. The second-order valence-electron chi connectivity index (χ2n) is 3.50. The molecule has 1 rings (SSSR count). The molecule has 4 heteroatoms. The Morgan fingerprint density at radius 1 is 1.17 bits per heavy atom. The van der Waals surface area contributed by atoms with Gasteiger partial charge in [0.25, 0.3) is 0 Å². The Hall–Kier alpha value is -0.160. The van der Waals surface area contributed by atoms with Crippen LogP contribution < -0.4 is 11.1 Å². The second kappa shape index (κ2) is 4.77. The quantitative estimate of drug-likeness (QED) is 0.427. The number of nitrogens with one attached hydrogen (secondary N) is 1. The molecule has 72 valence electrons. The third-order valence-corrected chi connectivity index (χ3v) is 2.48. The van der Waals surface area contributed by atoms with Crippen molar-refractivity contribution in [3.63, 3.8) is 0 Å². The molecule has 0 spiro atoms. The molecule has 1 saturated heterocycles. The zero-order valence-corrected chi connectivity index (χ0v) is 7.24. The second-order valence-corrected chi connectivity index (χ2v) is 3.50. The van der Waals surface area contributed by atoms with Crippen molar-refractivity contribution >= 4 is 0 Å². The lowest BCUT2D eigenvalue weighted by Crippen LogP contribution is -2.50. The van der Waals surface area contributed by atoms with E-state index in [0.29, 0.717) is 12.5 Å². The molecule has 1 heterocycles. The molecule has 1 aliphatic rings. The van der Waals surface area contributed by atoms with Gasteiger partial charge in [-0.2, -0.15) is 0 Å². The zero-order valence-electron chi connectivity index (χ0n) is 7.24. The van der Waals surface area contributed by atoms with E-state index in [0.717, 1.165) is 12.8 Å². The van der Waals surface area contributed by atoms with E-state index in [1.165, 1.54) is 0 Å². The van der Waals surface area contributed by atoms with Crippen LogP contribution in [-0.4, -0.2) is 42.1 Å². The predicted molar refractivity (Wildman–Crippen MR) is 46.7 cm³/mol. The Morgan fingerprint density at radius 2 is 1.67 bits per heavy atom. The van der Waals surface area contributed by atoms with Crippen LogP contribution in [-0.2, 0) is 0 Å². The summed E-state index contributed by atoms with van der Waals surface area (Å²) in [5.41, 5.74) is 5.55. The topological polar surface area (TPSA) is 78.5 Å². The summed E-state index contributed by atoms with van der Waals surface area (Å²) >= 11 is 0. The standard InChI is InChI=1S/C8H18N2O2/c9-3-6-1-7(4-11)10-8(2-6)5-12/h6-8,10-12H,1-5,9H2/t6-,7-,8+. The van der Waals surface area contributed by atoms with Crippen LogP contribution >= 0.6 is 0 Å². The van der Waals surface area contributed by atoms with Crippen LogP contribution in [0.25, 0.3) is 0 Å². The highest BCUT2D eigenvalue weighted by Gasteiger charge is 2.26. The highest BCUT2D eigenvalue weighted by atomic mass is 16.3. The van der Waals surface area contributed by atoms with Crippen molar-refractivity contribution in [2.45, 2.75) is 24.9 Å². The molecule has 0 saturated carbocycles. The van der Waals surface area contributed by atoms with Crippen molar-refractivity contribution in [2.24, 2.45) is 11.7 Å². The predicted octanol–water partition coefficient (Wildman–Crippen LogP) is -1.33. The molecule has 0 aromatic heterocycles. The van der Waals surface area contributed by atoms with Crippen molar-refractivity contribution in [1.82, 2.24) is 5.32 Å². The molecule has 0 amide bonds. The number of nitrogens with two attached hydrogens (primary N) is 1. The maximum absolute atomic E-state index is 8.93. The summed E-state index contributed by atoms with van der Waals surface area (Å²) in [7, 11) is 0. The molecular formula is C8H18N2O2. The first kappa shape index (κ1) is 9.92. The summed E-state index contributed by atoms with van der Waals surface area (Å²) in [5.74, 6) is 0.445. The fraction of sp³-hybridized carbons (Fsp3) is 1.00. The first-order valence-corrected chi connectivity index (χ1v) is 4.48. The number of rotatable bonds is 3. The lowest BCUT2D eigenvalue weighted by atomic mass is 9.88. The summed E-state index contributed by atoms with van der Waals surface area (Å²) in [6.45, 7) is 0.911. The Kier molecular flexibility index (Phi) is 3.94. The minimum absolute atomic E-state index is 0.115. The number of aliphatic hydroxyl groups is 2. The third-order valence-electron chi connectivity index (χ3n) is 2.48. The SMILES string of the molecule is NC[C@H]1C[C@@H](CO)N[C@@H](CO)C1. The minimum atomic E-state index is 0.115. The number of hydrogen-bond acceptors (Lipinski definition) is 4. The first-order chi connectivity index (χ1) is 5.80. The van der Waals surface area contributed by atoms with E-state index < -0.39 is 0 Å². The molecular weight excluding hydrogens is 156 g/mol. The maximum Gasteiger partial charge on any atom is 0.0584 e. The normalized spacial score (nSPS) is 36.8. The van der Waals surface area contributed by atoms with Gasteiger partial charge >= 0.3 is 0 Å². The lowest BCUT2D eigenvalue weighted by molar-refractivity contribution is 0.130. The fourth-order valence-corrected chi connectivity index (χ4v) is 1.82. The summed E-state index contributed by atoms with van der Waals surface area (Å²) in [5, 5.41) is 21.0. The van der Waals surface area contributed by atoms with Gasteiger partial charge in [-0.15, -0.1) is 0 Å². The van der Waals surface area contributed by atoms with Crippen LogP contribution in [0.2, 0.25) is 0 Å². The highest BCUT2D eigenvalue weighted by Crippen LogP contribution is 2.18. The van der Waals surface area contributed by atoms with Gasteiger partial charge in [-0.05, 0) is 25.3 Å². The van der Waals surface area contributed by atoms with Gasteiger partial charge in [-0.1, -0.05) is 0 Å². The van der Waals surface area contributed by atoms with E-state index in [9.17, 15) is 0 Å². The average Bonchev–Trinajstić information content (AvgIpc) is 2.16. The fourth-order valence-electron chi connectivity index (χ4n) is 1.82. The van der Waals surface area contributed by atoms with Gasteiger partial charge < -0.3 is 21.3 Å². The van der Waals surface area contributed by atoms with Crippen LogP contribution in [0.3, 0.4) is 0 Å². The van der Waals surface area contributed by atoms with Gasteiger partial charge in [0.05, 0.1) is 13.2 Å². The molecule has 1 aliphatic heterocycles. The van der Waals surface area contributed by atoms with E-state index in [2.05, 4.69) is 5.32 Å². The lowest BCUT2D eigenvalue weighted by Gasteiger charge is -2.34. The molecule has 0 radical (unpaired) electrons. The van der Waals surface area contributed by atoms with Gasteiger partial charge in [0.1, 0.15) is 0 Å². The monoisotopic (exact) mass is 174 g/mol. The van der Waals surface area contributed by atoms with Crippen molar-refractivity contribution in [2.75, 3.05) is 19.8 Å². The molecule has 1 fully saturated rings. The van der Waals surface area contributed by atoms with E-state index in [-0.39, 0.29) is 25.3 Å². The molecule has 3 atom stereocenters. The van der Waals surface area contributed by atoms with Crippen molar-refractivity contribution in [3.05, 3.63) is 0 Å². The third kappa shape index (κ3) is 2.42. The van der Waals surface area contributed by atoms with Gasteiger partial charge in [-0.3, -0.25) is 0 Å². The Balaban J connectivity index is 2.41. The van der Waals surface area contributed by atoms with Crippen LogP contribution in [0.15, 0.2) is 0 Å². The van der Waals surface area contributed by atoms with Gasteiger partial charge in [0.15, 0.2) is 0 Å². The van der Waals surface area contributed by atoms with Gasteiger partial charge in [0, 0.05) is 12.1 Å². The summed E-state index contributed by atoms with van der Waals surface area (Å²) in [6.07, 6.45) is 1.84. The summed E-state index contributed by atoms with van der Waals surface area (Å²) in [4.78, 5) is 0. The van der Waals surface area contributed by atoms with E-state index in [1.807, 2.05) is 0 Å². The van der Waals surface area contributed by atoms with Gasteiger partial charge in [-0.25, -0.2) is 0 Å². The molecule has 4 nitrogen and oxygen atoms in total. The van der Waals surface area contributed by atoms with Crippen LogP contribution in [0.5, 0.6) is 0 Å². The number of piperidine rings is 1. The van der Waals surface area contributed by atoms with Crippen LogP contribution in [0.4, 0.5) is 0 Å². The minimum Gasteiger partial charge on any atom is -0.395 e. The van der Waals surface area contributed by atoms with Crippen molar-refractivity contribution in [3.8, 4) is 0 Å². The molecule has 0 unspecified atom stereocenters. The smallest absolute Gasteiger partial charge is 0.0584 e. The molecule has 12 heavy (non-hydrogen) atoms. The first-order valence-electron chi connectivity index (χ1n) is 4.48. The van der Waals surface area contributed by atoms with Crippen LogP contribution in [0.1, 0.15) is 12.8 Å². The average molecular weight is 174 g/mol. The molecule has 5 N–H and O–H groups in total. The van der Waals surface area contributed by atoms with Crippen molar-refractivity contribution in [1.29, 1.82) is 0 Å². The maximum atomic E-state index is 8.93. The summed E-state index contributed by atoms with van der Waals surface area (Å²) < 4.78 is 0. The molecule has 0 bridgehead atoms. The number of aliphatic hydroxyl groups excluding tert-OH is 2. The van der Waals surface area contributed by atoms with E-state index in [4.69, 9.17) is 15.9 Å². The molecule has 0 aliphatic carbocycles. The molecule has 0 aromatic rings. The summed E-state index contributed by atoms with van der Waals surface area (Å²) in [6, 6.07) is 0.230. The van der Waals surface area contributed by atoms with E-state index in [1.54, 1.807) is 0 Å². The highest BCUT2D eigenvalue weighted by molar-refractivity contribution is 4.84. The Labute approximate surface area is 72.8 Å². The Bertz CT molecular complexity index is 102. The number of hydrogen-bond donors (Lipinski definition) is 4. The van der Waals surface area contributed by atoms with Crippen LogP contribution in [0, 0.1) is 5.92 Å². The molecule has 0 aromatic carbocycles.